The number of furan rings is 1. The van der Waals surface area contributed by atoms with E-state index >= 15 is 0 Å². The standard InChI is InChI=1S/C19H18N2O4/c22-18(11-14-7-8-15-4-1-2-5-16(15)10-14)21-25-13-19(23)20-12-17-6-3-9-24-17/h1-10H,11-13H2,(H,20,23)(H,21,22). The van der Waals surface area contributed by atoms with Crippen molar-refractivity contribution in [3.8, 4) is 0 Å². The lowest BCUT2D eigenvalue weighted by molar-refractivity contribution is -0.138. The Morgan fingerprint density at radius 3 is 2.60 bits per heavy atom. The summed E-state index contributed by atoms with van der Waals surface area (Å²) in [6, 6.07) is 17.3. The number of rotatable bonds is 7. The lowest BCUT2D eigenvalue weighted by Gasteiger charge is -2.07. The molecule has 0 spiro atoms. The molecule has 0 saturated carbocycles. The molecule has 0 radical (unpaired) electrons. The second-order valence-corrected chi connectivity index (χ2v) is 5.53. The quantitative estimate of drug-likeness (QED) is 0.648. The van der Waals surface area contributed by atoms with Crippen LogP contribution < -0.4 is 10.8 Å². The summed E-state index contributed by atoms with van der Waals surface area (Å²) in [6.07, 6.45) is 1.71. The third kappa shape index (κ3) is 4.92. The summed E-state index contributed by atoms with van der Waals surface area (Å²) >= 11 is 0. The van der Waals surface area contributed by atoms with Gasteiger partial charge < -0.3 is 9.73 Å². The molecule has 2 amide bonds. The largest absolute Gasteiger partial charge is 0.467 e. The summed E-state index contributed by atoms with van der Waals surface area (Å²) in [5.41, 5.74) is 3.16. The molecule has 3 rings (SSSR count). The predicted octanol–water partition coefficient (Wildman–Crippen LogP) is 2.34. The highest BCUT2D eigenvalue weighted by Crippen LogP contribution is 2.15. The molecule has 0 saturated heterocycles. The van der Waals surface area contributed by atoms with Gasteiger partial charge in [-0.25, -0.2) is 5.48 Å². The van der Waals surface area contributed by atoms with Gasteiger partial charge in [0, 0.05) is 0 Å². The van der Waals surface area contributed by atoms with Gasteiger partial charge >= 0.3 is 0 Å². The van der Waals surface area contributed by atoms with Crippen LogP contribution in [0.15, 0.2) is 65.3 Å². The maximum absolute atomic E-state index is 11.9. The Hall–Kier alpha value is -3.12. The molecule has 6 nitrogen and oxygen atoms in total. The number of carbonyl (C=O) groups excluding carboxylic acids is 2. The van der Waals surface area contributed by atoms with Crippen LogP contribution in [0.1, 0.15) is 11.3 Å². The molecule has 0 bridgehead atoms. The Labute approximate surface area is 144 Å². The summed E-state index contributed by atoms with van der Waals surface area (Å²) in [4.78, 5) is 28.4. The van der Waals surface area contributed by atoms with Crippen LogP contribution in [-0.4, -0.2) is 18.4 Å². The summed E-state index contributed by atoms with van der Waals surface area (Å²) in [6.45, 7) is 0.0183. The molecule has 1 heterocycles. The summed E-state index contributed by atoms with van der Waals surface area (Å²) < 4.78 is 5.10. The molecule has 0 atom stereocenters. The SMILES string of the molecule is O=C(CONC(=O)Cc1ccc2ccccc2c1)NCc1ccco1. The third-order valence-corrected chi connectivity index (χ3v) is 3.61. The van der Waals surface area contributed by atoms with Gasteiger partial charge in [-0.2, -0.15) is 0 Å². The van der Waals surface area contributed by atoms with E-state index in [1.807, 2.05) is 42.5 Å². The van der Waals surface area contributed by atoms with Crippen molar-refractivity contribution in [1.29, 1.82) is 0 Å². The van der Waals surface area contributed by atoms with Crippen molar-refractivity contribution in [2.24, 2.45) is 0 Å². The molecule has 6 heteroatoms. The van der Waals surface area contributed by atoms with Gasteiger partial charge in [0.2, 0.25) is 11.8 Å². The number of amides is 2. The molecule has 0 aliphatic heterocycles. The number of hydrogen-bond donors (Lipinski definition) is 2. The minimum absolute atomic E-state index is 0.179. The monoisotopic (exact) mass is 338 g/mol. The highest BCUT2D eigenvalue weighted by molar-refractivity contribution is 5.85. The molecule has 1 aromatic heterocycles. The minimum atomic E-state index is -0.345. The number of hydroxylamine groups is 1. The van der Waals surface area contributed by atoms with Gasteiger partial charge in [-0.3, -0.25) is 14.4 Å². The van der Waals surface area contributed by atoms with Crippen molar-refractivity contribution in [3.63, 3.8) is 0 Å². The Morgan fingerprint density at radius 2 is 1.80 bits per heavy atom. The van der Waals surface area contributed by atoms with E-state index in [1.54, 1.807) is 12.1 Å². The van der Waals surface area contributed by atoms with Crippen molar-refractivity contribution in [1.82, 2.24) is 10.8 Å². The molecule has 0 aliphatic rings. The number of carbonyl (C=O) groups is 2. The van der Waals surface area contributed by atoms with Crippen LogP contribution in [0.2, 0.25) is 0 Å². The van der Waals surface area contributed by atoms with Gasteiger partial charge in [0.15, 0.2) is 6.61 Å². The van der Waals surface area contributed by atoms with Crippen molar-refractivity contribution in [2.45, 2.75) is 13.0 Å². The van der Waals surface area contributed by atoms with E-state index in [-0.39, 0.29) is 31.4 Å². The molecule has 2 N–H and O–H groups in total. The van der Waals surface area contributed by atoms with Crippen LogP contribution >= 0.6 is 0 Å². The van der Waals surface area contributed by atoms with E-state index in [0.717, 1.165) is 16.3 Å². The second kappa shape index (κ2) is 8.12. The fraction of sp³-hybridized carbons (Fsp3) is 0.158. The molecular weight excluding hydrogens is 320 g/mol. The summed E-state index contributed by atoms with van der Waals surface area (Å²) in [5.74, 6) is -0.00906. The van der Waals surface area contributed by atoms with Crippen molar-refractivity contribution < 1.29 is 18.8 Å². The molecule has 25 heavy (non-hydrogen) atoms. The van der Waals surface area contributed by atoms with Gasteiger partial charge in [-0.1, -0.05) is 42.5 Å². The van der Waals surface area contributed by atoms with Crippen molar-refractivity contribution >= 4 is 22.6 Å². The molecule has 2 aromatic carbocycles. The van der Waals surface area contributed by atoms with E-state index < -0.39 is 0 Å². The van der Waals surface area contributed by atoms with E-state index in [4.69, 9.17) is 9.25 Å². The zero-order chi connectivity index (χ0) is 17.5. The van der Waals surface area contributed by atoms with Gasteiger partial charge in [0.25, 0.3) is 0 Å². The van der Waals surface area contributed by atoms with E-state index in [1.165, 1.54) is 6.26 Å². The number of fused-ring (bicyclic) bond motifs is 1. The summed E-state index contributed by atoms with van der Waals surface area (Å²) in [5, 5.41) is 4.82. The zero-order valence-electron chi connectivity index (χ0n) is 13.5. The van der Waals surface area contributed by atoms with Crippen molar-refractivity contribution in [3.05, 3.63) is 72.2 Å². The molecule has 0 fully saturated rings. The average Bonchev–Trinajstić information content (AvgIpc) is 3.13. The van der Waals surface area contributed by atoms with Crippen LogP contribution in [0.3, 0.4) is 0 Å². The molecule has 0 aliphatic carbocycles. The number of nitrogens with one attached hydrogen (secondary N) is 2. The second-order valence-electron chi connectivity index (χ2n) is 5.53. The average molecular weight is 338 g/mol. The molecule has 3 aromatic rings. The zero-order valence-corrected chi connectivity index (χ0v) is 13.5. The highest BCUT2D eigenvalue weighted by Gasteiger charge is 2.07. The van der Waals surface area contributed by atoms with Crippen molar-refractivity contribution in [2.75, 3.05) is 6.61 Å². The topological polar surface area (TPSA) is 80.6 Å². The maximum atomic E-state index is 11.9. The Balaban J connectivity index is 1.40. The first-order valence-electron chi connectivity index (χ1n) is 7.88. The Kier molecular flexibility index (Phi) is 5.43. The van der Waals surface area contributed by atoms with E-state index in [0.29, 0.717) is 5.76 Å². The van der Waals surface area contributed by atoms with Gasteiger partial charge in [-0.15, -0.1) is 0 Å². The van der Waals surface area contributed by atoms with Crippen LogP contribution in [0.4, 0.5) is 0 Å². The van der Waals surface area contributed by atoms with Gasteiger partial charge in [0.05, 0.1) is 19.2 Å². The number of hydrogen-bond acceptors (Lipinski definition) is 4. The molecule has 0 unspecified atom stereocenters. The Morgan fingerprint density at radius 1 is 0.960 bits per heavy atom. The maximum Gasteiger partial charge on any atom is 0.249 e. The van der Waals surface area contributed by atoms with E-state index in [2.05, 4.69) is 10.8 Å². The summed E-state index contributed by atoms with van der Waals surface area (Å²) in [7, 11) is 0. The first-order valence-corrected chi connectivity index (χ1v) is 7.88. The Bertz CT molecular complexity index is 859. The van der Waals surface area contributed by atoms with Crippen LogP contribution in [-0.2, 0) is 27.4 Å². The van der Waals surface area contributed by atoms with Gasteiger partial charge in [0.1, 0.15) is 5.76 Å². The first-order chi connectivity index (χ1) is 12.2. The van der Waals surface area contributed by atoms with E-state index in [9.17, 15) is 9.59 Å². The van der Waals surface area contributed by atoms with Crippen LogP contribution in [0.25, 0.3) is 10.8 Å². The predicted molar refractivity (Wildman–Crippen MR) is 92.3 cm³/mol. The molecule has 128 valence electrons. The fourth-order valence-electron chi connectivity index (χ4n) is 2.40. The lowest BCUT2D eigenvalue weighted by Crippen LogP contribution is -2.33. The minimum Gasteiger partial charge on any atom is -0.467 e. The fourth-order valence-corrected chi connectivity index (χ4v) is 2.40. The lowest BCUT2D eigenvalue weighted by atomic mass is 10.1. The third-order valence-electron chi connectivity index (χ3n) is 3.61. The van der Waals surface area contributed by atoms with Gasteiger partial charge in [-0.05, 0) is 28.5 Å². The van der Waals surface area contributed by atoms with Crippen LogP contribution in [0.5, 0.6) is 0 Å². The van der Waals surface area contributed by atoms with Crippen LogP contribution in [0, 0.1) is 0 Å². The first kappa shape index (κ1) is 16.7. The number of benzene rings is 2. The molecular formula is C19H18N2O4. The highest BCUT2D eigenvalue weighted by atomic mass is 16.7. The normalized spacial score (nSPS) is 10.6. The smallest absolute Gasteiger partial charge is 0.249 e.